The molecular formula is C28H28Cl3N3O4S. The van der Waals surface area contributed by atoms with E-state index in [4.69, 9.17) is 34.8 Å². The highest BCUT2D eigenvalue weighted by Crippen LogP contribution is 2.30. The molecule has 1 fully saturated rings. The van der Waals surface area contributed by atoms with Gasteiger partial charge in [-0.05, 0) is 54.8 Å². The number of carbonyl (C=O) groups is 2. The third kappa shape index (κ3) is 7.32. The molecule has 1 saturated heterocycles. The first-order valence-electron chi connectivity index (χ1n) is 12.4. The molecule has 39 heavy (non-hydrogen) atoms. The number of hydrogen-bond donors (Lipinski definition) is 1. The monoisotopic (exact) mass is 607 g/mol. The molecule has 0 aromatic heterocycles. The molecule has 11 heteroatoms. The fraction of sp³-hybridized carbons (Fsp3) is 0.286. The van der Waals surface area contributed by atoms with Crippen LogP contribution in [0.15, 0.2) is 77.7 Å². The summed E-state index contributed by atoms with van der Waals surface area (Å²) in [6.45, 7) is 1.04. The SMILES string of the molecule is CN(C(=O)CC(NS(=O)(=O)c1cc(Cl)cc(Cl)c1)c1ccccc1Cl)C1CCN(C(=O)c2ccccc2)CC1. The molecule has 1 N–H and O–H groups in total. The summed E-state index contributed by atoms with van der Waals surface area (Å²) in [6, 6.07) is 18.9. The Balaban J connectivity index is 1.47. The number of piperidine rings is 1. The first kappa shape index (κ1) is 29.4. The van der Waals surface area contributed by atoms with Gasteiger partial charge in [0.1, 0.15) is 0 Å². The Labute approximate surface area is 243 Å². The van der Waals surface area contributed by atoms with E-state index in [9.17, 15) is 18.0 Å². The number of benzene rings is 3. The number of amides is 2. The number of rotatable bonds is 8. The molecule has 1 aliphatic heterocycles. The topological polar surface area (TPSA) is 86.8 Å². The summed E-state index contributed by atoms with van der Waals surface area (Å²) in [6.07, 6.45) is 1.07. The molecule has 0 bridgehead atoms. The van der Waals surface area contributed by atoms with E-state index in [1.54, 1.807) is 53.2 Å². The lowest BCUT2D eigenvalue weighted by molar-refractivity contribution is -0.133. The number of carbonyl (C=O) groups excluding carboxylic acids is 2. The molecule has 0 aliphatic carbocycles. The van der Waals surface area contributed by atoms with Gasteiger partial charge in [-0.3, -0.25) is 9.59 Å². The number of hydrogen-bond acceptors (Lipinski definition) is 4. The lowest BCUT2D eigenvalue weighted by atomic mass is 10.00. The highest BCUT2D eigenvalue weighted by atomic mass is 35.5. The van der Waals surface area contributed by atoms with Gasteiger partial charge in [-0.25, -0.2) is 13.1 Å². The van der Waals surface area contributed by atoms with Crippen molar-refractivity contribution in [3.63, 3.8) is 0 Å². The lowest BCUT2D eigenvalue weighted by Crippen LogP contribution is -2.48. The average molecular weight is 609 g/mol. The molecule has 7 nitrogen and oxygen atoms in total. The number of nitrogens with one attached hydrogen (secondary N) is 1. The van der Waals surface area contributed by atoms with Crippen LogP contribution in [0.2, 0.25) is 15.1 Å². The summed E-state index contributed by atoms with van der Waals surface area (Å²) in [7, 11) is -2.40. The van der Waals surface area contributed by atoms with Gasteiger partial charge < -0.3 is 9.80 Å². The van der Waals surface area contributed by atoms with Crippen LogP contribution in [0.5, 0.6) is 0 Å². The molecule has 3 aromatic carbocycles. The molecule has 1 unspecified atom stereocenters. The highest BCUT2D eigenvalue weighted by Gasteiger charge is 2.31. The molecule has 206 valence electrons. The Bertz CT molecular complexity index is 1430. The third-order valence-corrected chi connectivity index (χ3v) is 9.05. The van der Waals surface area contributed by atoms with Crippen LogP contribution in [-0.2, 0) is 14.8 Å². The van der Waals surface area contributed by atoms with Gasteiger partial charge in [-0.1, -0.05) is 71.2 Å². The molecule has 4 rings (SSSR count). The number of sulfonamides is 1. The Morgan fingerprint density at radius 1 is 0.949 bits per heavy atom. The Morgan fingerprint density at radius 3 is 2.15 bits per heavy atom. The molecule has 0 spiro atoms. The van der Waals surface area contributed by atoms with E-state index in [0.717, 1.165) is 0 Å². The van der Waals surface area contributed by atoms with Crippen molar-refractivity contribution in [1.29, 1.82) is 0 Å². The third-order valence-electron chi connectivity index (χ3n) is 6.82. The zero-order chi connectivity index (χ0) is 28.2. The molecule has 0 radical (unpaired) electrons. The minimum atomic E-state index is -4.10. The number of halogens is 3. The van der Waals surface area contributed by atoms with Crippen LogP contribution in [0, 0.1) is 0 Å². The Morgan fingerprint density at radius 2 is 1.54 bits per heavy atom. The van der Waals surface area contributed by atoms with E-state index < -0.39 is 16.1 Å². The van der Waals surface area contributed by atoms with Crippen LogP contribution in [0.25, 0.3) is 0 Å². The minimum Gasteiger partial charge on any atom is -0.343 e. The van der Waals surface area contributed by atoms with Crippen LogP contribution in [0.1, 0.15) is 41.2 Å². The molecule has 1 atom stereocenters. The standard InChI is InChI=1S/C28H28Cl3N3O4S/c1-33(22-11-13-34(14-12-22)28(36)19-7-3-2-4-8-19)27(35)18-26(24-9-5-6-10-25(24)31)32-39(37,38)23-16-20(29)15-21(30)17-23/h2-10,15-17,22,26,32H,11-14,18H2,1H3. The van der Waals surface area contributed by atoms with E-state index in [0.29, 0.717) is 42.1 Å². The van der Waals surface area contributed by atoms with E-state index in [-0.39, 0.29) is 39.2 Å². The summed E-state index contributed by atoms with van der Waals surface area (Å²) < 4.78 is 29.2. The smallest absolute Gasteiger partial charge is 0.253 e. The predicted octanol–water partition coefficient (Wildman–Crippen LogP) is 5.82. The molecule has 3 aromatic rings. The lowest BCUT2D eigenvalue weighted by Gasteiger charge is -2.37. The van der Waals surface area contributed by atoms with Gasteiger partial charge in [-0.15, -0.1) is 0 Å². The molecule has 0 saturated carbocycles. The van der Waals surface area contributed by atoms with E-state index in [1.165, 1.54) is 18.2 Å². The maximum atomic E-state index is 13.4. The van der Waals surface area contributed by atoms with Crippen molar-refractivity contribution in [2.45, 2.75) is 36.2 Å². The highest BCUT2D eigenvalue weighted by molar-refractivity contribution is 7.89. The zero-order valence-electron chi connectivity index (χ0n) is 21.2. The van der Waals surface area contributed by atoms with Crippen LogP contribution < -0.4 is 4.72 Å². The Kier molecular flexibility index (Phi) is 9.56. The van der Waals surface area contributed by atoms with Crippen molar-refractivity contribution < 1.29 is 18.0 Å². The fourth-order valence-corrected chi connectivity index (χ4v) is 6.86. The fourth-order valence-electron chi connectivity index (χ4n) is 4.65. The van der Waals surface area contributed by atoms with Crippen molar-refractivity contribution in [2.24, 2.45) is 0 Å². The average Bonchev–Trinajstić information content (AvgIpc) is 2.92. The van der Waals surface area contributed by atoms with Crippen molar-refractivity contribution in [2.75, 3.05) is 20.1 Å². The normalized spacial score (nSPS) is 15.1. The predicted molar refractivity (Wildman–Crippen MR) is 154 cm³/mol. The van der Waals surface area contributed by atoms with Crippen LogP contribution in [0.4, 0.5) is 0 Å². The minimum absolute atomic E-state index is 0.0302. The second kappa shape index (κ2) is 12.7. The zero-order valence-corrected chi connectivity index (χ0v) is 24.3. The first-order chi connectivity index (χ1) is 18.5. The maximum Gasteiger partial charge on any atom is 0.253 e. The first-order valence-corrected chi connectivity index (χ1v) is 15.0. The quantitative estimate of drug-likeness (QED) is 0.349. The number of likely N-dealkylation sites (tertiary alicyclic amines) is 1. The van der Waals surface area contributed by atoms with Gasteiger partial charge in [0, 0.05) is 53.2 Å². The van der Waals surface area contributed by atoms with Gasteiger partial charge >= 0.3 is 0 Å². The van der Waals surface area contributed by atoms with Crippen LogP contribution in [0.3, 0.4) is 0 Å². The second-order valence-electron chi connectivity index (χ2n) is 9.40. The van der Waals surface area contributed by atoms with Crippen LogP contribution >= 0.6 is 34.8 Å². The summed E-state index contributed by atoms with van der Waals surface area (Å²) in [5, 5.41) is 0.674. The van der Waals surface area contributed by atoms with E-state index >= 15 is 0 Å². The molecule has 2 amide bonds. The summed E-state index contributed by atoms with van der Waals surface area (Å²) in [5.74, 6) is -0.281. The molecular weight excluding hydrogens is 581 g/mol. The maximum absolute atomic E-state index is 13.4. The van der Waals surface area contributed by atoms with Gasteiger partial charge in [0.15, 0.2) is 0 Å². The van der Waals surface area contributed by atoms with E-state index in [1.807, 2.05) is 18.2 Å². The van der Waals surface area contributed by atoms with Gasteiger partial charge in [-0.2, -0.15) is 0 Å². The van der Waals surface area contributed by atoms with Gasteiger partial charge in [0.05, 0.1) is 10.9 Å². The van der Waals surface area contributed by atoms with Crippen molar-refractivity contribution in [1.82, 2.24) is 14.5 Å². The molecule has 1 aliphatic rings. The summed E-state index contributed by atoms with van der Waals surface area (Å²) >= 11 is 18.5. The summed E-state index contributed by atoms with van der Waals surface area (Å²) in [5.41, 5.74) is 1.11. The molecule has 1 heterocycles. The van der Waals surface area contributed by atoms with Crippen molar-refractivity contribution >= 4 is 56.6 Å². The Hall–Kier alpha value is -2.62. The second-order valence-corrected chi connectivity index (χ2v) is 12.4. The van der Waals surface area contributed by atoms with E-state index in [2.05, 4.69) is 4.72 Å². The van der Waals surface area contributed by atoms with Gasteiger partial charge in [0.25, 0.3) is 5.91 Å². The van der Waals surface area contributed by atoms with Crippen LogP contribution in [-0.4, -0.2) is 56.2 Å². The van der Waals surface area contributed by atoms with Crippen molar-refractivity contribution in [3.8, 4) is 0 Å². The summed E-state index contributed by atoms with van der Waals surface area (Å²) in [4.78, 5) is 29.5. The van der Waals surface area contributed by atoms with Gasteiger partial charge in [0.2, 0.25) is 15.9 Å². The number of nitrogens with zero attached hydrogens (tertiary/aromatic N) is 2. The largest absolute Gasteiger partial charge is 0.343 e. The van der Waals surface area contributed by atoms with Crippen molar-refractivity contribution in [3.05, 3.63) is 99.0 Å².